The average Bonchev–Trinajstić information content (AvgIpc) is 3.52. The molecule has 0 unspecified atom stereocenters. The van der Waals surface area contributed by atoms with Crippen LogP contribution in [0.1, 0.15) is 0 Å². The second kappa shape index (κ2) is 12.3. The van der Waals surface area contributed by atoms with Gasteiger partial charge in [0.15, 0.2) is 0 Å². The molecule has 8 aromatic carbocycles. The zero-order chi connectivity index (χ0) is 32.6. The van der Waals surface area contributed by atoms with Crippen LogP contribution in [0, 0.1) is 0 Å². The van der Waals surface area contributed by atoms with Crippen molar-refractivity contribution < 1.29 is 0 Å². The van der Waals surface area contributed by atoms with Crippen molar-refractivity contribution in [2.75, 3.05) is 0 Å². The SMILES string of the molecule is c1ccc(-c2ccc(-c3cc(-c4ccc(-c5ccccc5)cc4)cc(-c4ccc5c(c4)c4ccccc4n5-c4ccccc4)c3)cc2)cc1. The number of para-hydroxylation sites is 2. The van der Waals surface area contributed by atoms with Gasteiger partial charge < -0.3 is 4.57 Å². The quantitative estimate of drug-likeness (QED) is 0.174. The summed E-state index contributed by atoms with van der Waals surface area (Å²) in [4.78, 5) is 0. The molecular weight excluding hydrogens is 591 g/mol. The fourth-order valence-corrected chi connectivity index (χ4v) is 7.11. The summed E-state index contributed by atoms with van der Waals surface area (Å²) in [5, 5.41) is 2.51. The predicted octanol–water partition coefficient (Wildman–Crippen LogP) is 13.1. The molecule has 1 heterocycles. The lowest BCUT2D eigenvalue weighted by Gasteiger charge is -2.13. The van der Waals surface area contributed by atoms with Crippen molar-refractivity contribution in [2.24, 2.45) is 0 Å². The first-order valence-corrected chi connectivity index (χ1v) is 16.8. The largest absolute Gasteiger partial charge is 0.309 e. The molecule has 0 spiro atoms. The van der Waals surface area contributed by atoms with Crippen molar-refractivity contribution in [3.8, 4) is 61.3 Å². The Morgan fingerprint density at radius 1 is 0.224 bits per heavy atom. The molecule has 0 atom stereocenters. The molecule has 9 rings (SSSR count). The lowest BCUT2D eigenvalue weighted by atomic mass is 9.91. The van der Waals surface area contributed by atoms with E-state index in [2.05, 4.69) is 205 Å². The minimum absolute atomic E-state index is 1.17. The van der Waals surface area contributed by atoms with Gasteiger partial charge in [-0.2, -0.15) is 0 Å². The second-order valence-corrected chi connectivity index (χ2v) is 12.6. The summed E-state index contributed by atoms with van der Waals surface area (Å²) < 4.78 is 2.37. The molecule has 0 aliphatic rings. The van der Waals surface area contributed by atoms with Crippen molar-refractivity contribution in [2.45, 2.75) is 0 Å². The minimum atomic E-state index is 1.17. The van der Waals surface area contributed by atoms with Gasteiger partial charge in [-0.3, -0.25) is 0 Å². The van der Waals surface area contributed by atoms with Crippen molar-refractivity contribution in [3.05, 3.63) is 200 Å². The molecule has 1 nitrogen and oxygen atoms in total. The second-order valence-electron chi connectivity index (χ2n) is 12.6. The van der Waals surface area contributed by atoms with E-state index in [-0.39, 0.29) is 0 Å². The van der Waals surface area contributed by atoms with E-state index >= 15 is 0 Å². The van der Waals surface area contributed by atoms with Gasteiger partial charge in [-0.1, -0.05) is 152 Å². The van der Waals surface area contributed by atoms with Crippen LogP contribution in [-0.2, 0) is 0 Å². The summed E-state index contributed by atoms with van der Waals surface area (Å²) in [6.45, 7) is 0. The Morgan fingerprint density at radius 2 is 0.592 bits per heavy atom. The molecule has 230 valence electrons. The Bertz CT molecular complexity index is 2440. The van der Waals surface area contributed by atoms with Gasteiger partial charge in [0, 0.05) is 16.5 Å². The maximum Gasteiger partial charge on any atom is 0.0541 e. The number of benzene rings is 8. The van der Waals surface area contributed by atoms with Crippen LogP contribution in [0.5, 0.6) is 0 Å². The topological polar surface area (TPSA) is 4.93 Å². The van der Waals surface area contributed by atoms with Crippen LogP contribution in [0.15, 0.2) is 200 Å². The number of nitrogens with zero attached hydrogens (tertiary/aromatic N) is 1. The van der Waals surface area contributed by atoms with Crippen LogP contribution in [0.25, 0.3) is 83.1 Å². The fourth-order valence-electron chi connectivity index (χ4n) is 7.11. The Labute approximate surface area is 287 Å². The van der Waals surface area contributed by atoms with Crippen LogP contribution in [0.2, 0.25) is 0 Å². The zero-order valence-corrected chi connectivity index (χ0v) is 27.0. The van der Waals surface area contributed by atoms with Gasteiger partial charge in [0.1, 0.15) is 0 Å². The molecule has 0 aliphatic heterocycles. The highest BCUT2D eigenvalue weighted by Gasteiger charge is 2.14. The van der Waals surface area contributed by atoms with E-state index in [0.29, 0.717) is 0 Å². The summed E-state index contributed by atoms with van der Waals surface area (Å²) in [5.74, 6) is 0. The first kappa shape index (κ1) is 28.8. The summed E-state index contributed by atoms with van der Waals surface area (Å²) in [6, 6.07) is 72.4. The molecule has 1 heteroatoms. The van der Waals surface area contributed by atoms with Gasteiger partial charge in [0.2, 0.25) is 0 Å². The fraction of sp³-hybridized carbons (Fsp3) is 0. The Hall–Kier alpha value is -6.44. The molecule has 0 radical (unpaired) electrons. The molecule has 0 amide bonds. The van der Waals surface area contributed by atoms with Gasteiger partial charge in [-0.15, -0.1) is 0 Å². The Balaban J connectivity index is 1.19. The van der Waals surface area contributed by atoms with E-state index in [9.17, 15) is 0 Å². The predicted molar refractivity (Wildman–Crippen MR) is 208 cm³/mol. The highest BCUT2D eigenvalue weighted by Crippen LogP contribution is 2.38. The first-order valence-electron chi connectivity index (χ1n) is 16.8. The smallest absolute Gasteiger partial charge is 0.0541 e. The number of hydrogen-bond donors (Lipinski definition) is 0. The first-order chi connectivity index (χ1) is 24.3. The summed E-state index contributed by atoms with van der Waals surface area (Å²) in [5.41, 5.74) is 15.7. The lowest BCUT2D eigenvalue weighted by Crippen LogP contribution is -1.93. The van der Waals surface area contributed by atoms with Crippen LogP contribution in [0.3, 0.4) is 0 Å². The monoisotopic (exact) mass is 623 g/mol. The third-order valence-corrected chi connectivity index (χ3v) is 9.60. The average molecular weight is 624 g/mol. The molecule has 0 aliphatic carbocycles. The van der Waals surface area contributed by atoms with Crippen LogP contribution in [0.4, 0.5) is 0 Å². The van der Waals surface area contributed by atoms with Crippen molar-refractivity contribution in [1.29, 1.82) is 0 Å². The highest BCUT2D eigenvalue weighted by molar-refractivity contribution is 6.10. The molecule has 1 aromatic heterocycles. The molecule has 49 heavy (non-hydrogen) atoms. The van der Waals surface area contributed by atoms with Gasteiger partial charge in [-0.25, -0.2) is 0 Å². The maximum atomic E-state index is 2.37. The van der Waals surface area contributed by atoms with Gasteiger partial charge in [0.05, 0.1) is 11.0 Å². The summed E-state index contributed by atoms with van der Waals surface area (Å²) in [7, 11) is 0. The third-order valence-electron chi connectivity index (χ3n) is 9.60. The molecule has 0 saturated carbocycles. The lowest BCUT2D eigenvalue weighted by molar-refractivity contribution is 1.18. The molecule has 0 fully saturated rings. The summed E-state index contributed by atoms with van der Waals surface area (Å²) in [6.07, 6.45) is 0. The van der Waals surface area contributed by atoms with E-state index in [1.807, 2.05) is 0 Å². The summed E-state index contributed by atoms with van der Waals surface area (Å²) >= 11 is 0. The molecule has 0 N–H and O–H groups in total. The Morgan fingerprint density at radius 3 is 1.12 bits per heavy atom. The van der Waals surface area contributed by atoms with Crippen molar-refractivity contribution in [3.63, 3.8) is 0 Å². The minimum Gasteiger partial charge on any atom is -0.309 e. The van der Waals surface area contributed by atoms with Crippen LogP contribution < -0.4 is 0 Å². The number of fused-ring (bicyclic) bond motifs is 3. The van der Waals surface area contributed by atoms with E-state index in [1.54, 1.807) is 0 Å². The molecule has 0 saturated heterocycles. The standard InChI is InChI=1S/C48H33N/c1-4-12-34(13-5-1)36-20-24-38(25-21-36)41-30-42(39-26-22-37(23-27-39)35-14-6-2-7-15-35)32-43(31-41)40-28-29-48-46(33-40)45-18-10-11-19-47(45)49(48)44-16-8-3-9-17-44/h1-33H. The normalized spacial score (nSPS) is 11.3. The molecular formula is C48H33N. The number of hydrogen-bond acceptors (Lipinski definition) is 0. The van der Waals surface area contributed by atoms with Crippen molar-refractivity contribution in [1.82, 2.24) is 4.57 Å². The molecule has 9 aromatic rings. The highest BCUT2D eigenvalue weighted by atomic mass is 15.0. The van der Waals surface area contributed by atoms with Crippen LogP contribution in [-0.4, -0.2) is 4.57 Å². The number of rotatable bonds is 6. The van der Waals surface area contributed by atoms with Gasteiger partial charge in [0.25, 0.3) is 0 Å². The van der Waals surface area contributed by atoms with Gasteiger partial charge >= 0.3 is 0 Å². The zero-order valence-electron chi connectivity index (χ0n) is 27.0. The van der Waals surface area contributed by atoms with Gasteiger partial charge in [-0.05, 0) is 104 Å². The van der Waals surface area contributed by atoms with E-state index in [4.69, 9.17) is 0 Å². The van der Waals surface area contributed by atoms with Crippen molar-refractivity contribution >= 4 is 21.8 Å². The van der Waals surface area contributed by atoms with E-state index in [1.165, 1.54) is 83.1 Å². The third kappa shape index (κ3) is 5.42. The van der Waals surface area contributed by atoms with Crippen LogP contribution >= 0.6 is 0 Å². The maximum absolute atomic E-state index is 2.37. The van der Waals surface area contributed by atoms with E-state index < -0.39 is 0 Å². The number of aromatic nitrogens is 1. The molecule has 0 bridgehead atoms. The Kier molecular flexibility index (Phi) is 7.22. The van der Waals surface area contributed by atoms with E-state index in [0.717, 1.165) is 0 Å².